The molecule has 0 amide bonds. The summed E-state index contributed by atoms with van der Waals surface area (Å²) in [5.74, 6) is -1.41. The number of carboxylic acids is 1. The van der Waals surface area contributed by atoms with Gasteiger partial charge in [0.1, 0.15) is 0 Å². The van der Waals surface area contributed by atoms with Gasteiger partial charge in [0.15, 0.2) is 11.6 Å². The number of hydrogen-bond acceptors (Lipinski definition) is 3. The second-order valence-electron chi connectivity index (χ2n) is 7.96. The molecule has 2 unspecified atom stereocenters. The number of benzene rings is 3. The topological polar surface area (TPSA) is 49.8 Å². The van der Waals surface area contributed by atoms with Gasteiger partial charge in [0, 0.05) is 6.54 Å². The summed E-state index contributed by atoms with van der Waals surface area (Å²) in [5, 5.41) is 9.55. The third-order valence-corrected chi connectivity index (χ3v) is 5.99. The average molecular weight is 419 g/mol. The summed E-state index contributed by atoms with van der Waals surface area (Å²) in [5.41, 5.74) is 4.03. The zero-order valence-corrected chi connectivity index (χ0v) is 17.5. The van der Waals surface area contributed by atoms with Crippen LogP contribution in [-0.4, -0.2) is 36.2 Å². The first-order valence-electron chi connectivity index (χ1n) is 10.5. The molecule has 0 spiro atoms. The maximum atomic E-state index is 14.5. The van der Waals surface area contributed by atoms with Gasteiger partial charge < -0.3 is 9.84 Å². The number of aliphatic carboxylic acids is 1. The first kappa shape index (κ1) is 21.1. The molecule has 1 N–H and O–H groups in total. The number of likely N-dealkylation sites (tertiary alicyclic amines) is 1. The Morgan fingerprint density at radius 3 is 2.35 bits per heavy atom. The van der Waals surface area contributed by atoms with Crippen LogP contribution in [0.25, 0.3) is 11.1 Å². The van der Waals surface area contributed by atoms with E-state index in [2.05, 4.69) is 41.3 Å². The van der Waals surface area contributed by atoms with Crippen molar-refractivity contribution in [2.24, 2.45) is 5.92 Å². The molecule has 5 heteroatoms. The van der Waals surface area contributed by atoms with E-state index in [1.54, 1.807) is 6.07 Å². The zero-order chi connectivity index (χ0) is 21.8. The molecule has 0 bridgehead atoms. The number of methoxy groups -OCH3 is 1. The van der Waals surface area contributed by atoms with E-state index in [0.717, 1.165) is 35.2 Å². The number of carboxylic acid groups (broad SMARTS) is 1. The van der Waals surface area contributed by atoms with Crippen molar-refractivity contribution in [1.29, 1.82) is 0 Å². The van der Waals surface area contributed by atoms with Gasteiger partial charge in [0.25, 0.3) is 0 Å². The van der Waals surface area contributed by atoms with Crippen LogP contribution in [0.3, 0.4) is 0 Å². The second kappa shape index (κ2) is 9.31. The minimum atomic E-state index is -0.774. The molecule has 0 aliphatic carbocycles. The minimum Gasteiger partial charge on any atom is -0.494 e. The lowest BCUT2D eigenvalue weighted by Crippen LogP contribution is -2.41. The van der Waals surface area contributed by atoms with E-state index >= 15 is 0 Å². The van der Waals surface area contributed by atoms with Crippen LogP contribution in [0.15, 0.2) is 72.8 Å². The maximum absolute atomic E-state index is 14.5. The average Bonchev–Trinajstić information content (AvgIpc) is 2.81. The Hall–Kier alpha value is -3.18. The summed E-state index contributed by atoms with van der Waals surface area (Å²) >= 11 is 0. The lowest BCUT2D eigenvalue weighted by atomic mass is 9.90. The summed E-state index contributed by atoms with van der Waals surface area (Å²) in [6, 6.07) is 23.1. The van der Waals surface area contributed by atoms with Crippen LogP contribution >= 0.6 is 0 Å². The Morgan fingerprint density at radius 2 is 1.71 bits per heavy atom. The predicted molar refractivity (Wildman–Crippen MR) is 119 cm³/mol. The smallest absolute Gasteiger partial charge is 0.307 e. The molecule has 1 heterocycles. The van der Waals surface area contributed by atoms with E-state index in [1.165, 1.54) is 13.2 Å². The highest BCUT2D eigenvalue weighted by Crippen LogP contribution is 2.35. The number of carbonyl (C=O) groups is 1. The Morgan fingerprint density at radius 1 is 1.03 bits per heavy atom. The van der Waals surface area contributed by atoms with Crippen molar-refractivity contribution in [1.82, 2.24) is 4.90 Å². The highest BCUT2D eigenvalue weighted by molar-refractivity contribution is 5.70. The van der Waals surface area contributed by atoms with Gasteiger partial charge in [-0.3, -0.25) is 9.69 Å². The van der Waals surface area contributed by atoms with E-state index in [-0.39, 0.29) is 11.8 Å². The molecule has 3 aromatic rings. The van der Waals surface area contributed by atoms with Gasteiger partial charge in [0.05, 0.1) is 19.1 Å². The third-order valence-electron chi connectivity index (χ3n) is 5.99. The van der Waals surface area contributed by atoms with E-state index < -0.39 is 17.7 Å². The number of halogens is 1. The Labute approximate surface area is 181 Å². The molecule has 0 aromatic heterocycles. The van der Waals surface area contributed by atoms with Crippen LogP contribution in [-0.2, 0) is 4.79 Å². The molecule has 1 saturated heterocycles. The molecule has 4 nitrogen and oxygen atoms in total. The Bertz CT molecular complexity index is 1040. The highest BCUT2D eigenvalue weighted by atomic mass is 19.1. The predicted octanol–water partition coefficient (Wildman–Crippen LogP) is 5.39. The van der Waals surface area contributed by atoms with E-state index in [4.69, 9.17) is 4.74 Å². The van der Waals surface area contributed by atoms with Crippen molar-refractivity contribution in [2.75, 3.05) is 20.2 Å². The lowest BCUT2D eigenvalue weighted by molar-refractivity contribution is -0.143. The van der Waals surface area contributed by atoms with Crippen LogP contribution < -0.4 is 4.74 Å². The fraction of sp³-hybridized carbons (Fsp3) is 0.269. The monoisotopic (exact) mass is 419 g/mol. The zero-order valence-electron chi connectivity index (χ0n) is 17.5. The molecule has 3 aromatic carbocycles. The van der Waals surface area contributed by atoms with Crippen LogP contribution in [0, 0.1) is 11.7 Å². The molecule has 0 radical (unpaired) electrons. The quantitative estimate of drug-likeness (QED) is 0.582. The van der Waals surface area contributed by atoms with Gasteiger partial charge in [0.2, 0.25) is 0 Å². The molecule has 1 aliphatic rings. The van der Waals surface area contributed by atoms with Gasteiger partial charge in [-0.1, -0.05) is 60.7 Å². The summed E-state index contributed by atoms with van der Waals surface area (Å²) in [7, 11) is 1.44. The Kier molecular flexibility index (Phi) is 6.33. The lowest BCUT2D eigenvalue weighted by Gasteiger charge is -2.37. The first-order valence-corrected chi connectivity index (χ1v) is 10.5. The van der Waals surface area contributed by atoms with Crippen molar-refractivity contribution in [3.05, 3.63) is 89.7 Å². The van der Waals surface area contributed by atoms with E-state index in [1.807, 2.05) is 24.3 Å². The van der Waals surface area contributed by atoms with Gasteiger partial charge >= 0.3 is 5.97 Å². The summed E-state index contributed by atoms with van der Waals surface area (Å²) in [6.45, 7) is 1.20. The highest BCUT2D eigenvalue weighted by Gasteiger charge is 2.31. The number of rotatable bonds is 6. The van der Waals surface area contributed by atoms with Gasteiger partial charge in [-0.05, 0) is 53.8 Å². The van der Waals surface area contributed by atoms with Gasteiger partial charge in [-0.25, -0.2) is 4.39 Å². The third kappa shape index (κ3) is 4.62. The molecule has 2 atom stereocenters. The summed E-state index contributed by atoms with van der Waals surface area (Å²) in [6.07, 6.45) is 1.47. The molecule has 0 saturated carbocycles. The fourth-order valence-electron chi connectivity index (χ4n) is 4.40. The molecule has 1 aliphatic heterocycles. The van der Waals surface area contributed by atoms with Crippen molar-refractivity contribution < 1.29 is 19.0 Å². The van der Waals surface area contributed by atoms with Crippen molar-refractivity contribution in [3.8, 4) is 16.9 Å². The second-order valence-corrected chi connectivity index (χ2v) is 7.96. The van der Waals surface area contributed by atoms with E-state index in [0.29, 0.717) is 13.0 Å². The van der Waals surface area contributed by atoms with Crippen molar-refractivity contribution >= 4 is 5.97 Å². The molecule has 4 rings (SSSR count). The number of hydrogen-bond donors (Lipinski definition) is 1. The molecular weight excluding hydrogens is 393 g/mol. The molecular formula is C26H26FNO3. The van der Waals surface area contributed by atoms with Crippen LogP contribution in [0.4, 0.5) is 4.39 Å². The molecule has 160 valence electrons. The van der Waals surface area contributed by atoms with E-state index in [9.17, 15) is 14.3 Å². The van der Waals surface area contributed by atoms with Gasteiger partial charge in [-0.2, -0.15) is 0 Å². The fourth-order valence-corrected chi connectivity index (χ4v) is 4.40. The summed E-state index contributed by atoms with van der Waals surface area (Å²) < 4.78 is 19.6. The van der Waals surface area contributed by atoms with Crippen LogP contribution in [0.2, 0.25) is 0 Å². The minimum absolute atomic E-state index is 0.198. The molecule has 31 heavy (non-hydrogen) atoms. The van der Waals surface area contributed by atoms with Crippen molar-refractivity contribution in [3.63, 3.8) is 0 Å². The number of piperidine rings is 1. The van der Waals surface area contributed by atoms with Crippen molar-refractivity contribution in [2.45, 2.75) is 18.9 Å². The summed E-state index contributed by atoms with van der Waals surface area (Å²) in [4.78, 5) is 13.8. The largest absolute Gasteiger partial charge is 0.494 e. The number of ether oxygens (including phenoxy) is 1. The first-order chi connectivity index (χ1) is 15.1. The molecule has 1 fully saturated rings. The van der Waals surface area contributed by atoms with Crippen LogP contribution in [0.1, 0.15) is 30.0 Å². The maximum Gasteiger partial charge on any atom is 0.307 e. The Balaban J connectivity index is 1.71. The SMILES string of the molecule is COc1ccc(C(c2ccc(-c3ccccc3)cc2)N2CCCC(C(=O)O)C2)cc1F. The normalized spacial score (nSPS) is 17.8. The van der Waals surface area contributed by atoms with Gasteiger partial charge in [-0.15, -0.1) is 0 Å². The van der Waals surface area contributed by atoms with Crippen LogP contribution in [0.5, 0.6) is 5.75 Å². The number of nitrogens with zero attached hydrogens (tertiary/aromatic N) is 1. The standard InChI is InChI=1S/C26H26FNO3/c1-31-24-14-13-21(16-23(24)27)25(28-15-5-8-22(17-28)26(29)30)20-11-9-19(10-12-20)18-6-3-2-4-7-18/h2-4,6-7,9-14,16,22,25H,5,8,15,17H2,1H3,(H,29,30).